The molecule has 0 bridgehead atoms. The quantitative estimate of drug-likeness (QED) is 0.674. The fourth-order valence-corrected chi connectivity index (χ4v) is 3.50. The van der Waals surface area contributed by atoms with Crippen molar-refractivity contribution in [1.29, 1.82) is 0 Å². The summed E-state index contributed by atoms with van der Waals surface area (Å²) in [5.74, 6) is 0.450. The maximum Gasteiger partial charge on any atom is 0.251 e. The molecular formula is C21H24N2O. The lowest BCUT2D eigenvalue weighted by Gasteiger charge is -2.10. The summed E-state index contributed by atoms with van der Waals surface area (Å²) >= 11 is 0. The van der Waals surface area contributed by atoms with E-state index in [0.717, 1.165) is 34.1 Å². The Kier molecular flexibility index (Phi) is 4.52. The summed E-state index contributed by atoms with van der Waals surface area (Å²) in [5, 5.41) is 6.82. The molecular weight excluding hydrogens is 296 g/mol. The molecule has 0 saturated heterocycles. The molecule has 0 aliphatic carbocycles. The van der Waals surface area contributed by atoms with Crippen LogP contribution in [-0.4, -0.2) is 15.7 Å². The van der Waals surface area contributed by atoms with Gasteiger partial charge in [-0.15, -0.1) is 0 Å². The smallest absolute Gasteiger partial charge is 0.251 e. The molecule has 0 saturated carbocycles. The molecule has 0 aliphatic rings. The number of hydrogen-bond donors (Lipinski definition) is 0. The van der Waals surface area contributed by atoms with Crippen molar-refractivity contribution in [3.8, 4) is 0 Å². The normalized spacial score (nSPS) is 12.5. The van der Waals surface area contributed by atoms with Gasteiger partial charge >= 0.3 is 0 Å². The van der Waals surface area contributed by atoms with E-state index in [-0.39, 0.29) is 5.91 Å². The van der Waals surface area contributed by atoms with Crippen molar-refractivity contribution in [2.24, 2.45) is 0 Å². The summed E-state index contributed by atoms with van der Waals surface area (Å²) in [6.45, 7) is 8.36. The van der Waals surface area contributed by atoms with E-state index >= 15 is 0 Å². The van der Waals surface area contributed by atoms with Gasteiger partial charge in [0.05, 0.1) is 12.1 Å². The molecule has 0 fully saturated rings. The van der Waals surface area contributed by atoms with Crippen LogP contribution in [0.4, 0.5) is 0 Å². The van der Waals surface area contributed by atoms with Crippen molar-refractivity contribution in [3.63, 3.8) is 0 Å². The number of hydrogen-bond acceptors (Lipinski definition) is 2. The van der Waals surface area contributed by atoms with E-state index in [9.17, 15) is 4.79 Å². The van der Waals surface area contributed by atoms with Crippen LogP contribution in [0.5, 0.6) is 0 Å². The summed E-state index contributed by atoms with van der Waals surface area (Å²) in [6, 6.07) is 14.3. The first kappa shape index (κ1) is 16.4. The van der Waals surface area contributed by atoms with Crippen molar-refractivity contribution < 1.29 is 4.79 Å². The zero-order chi connectivity index (χ0) is 17.3. The van der Waals surface area contributed by atoms with Crippen LogP contribution in [0.15, 0.2) is 42.5 Å². The third-order valence-electron chi connectivity index (χ3n) is 4.91. The number of carbonyl (C=O) groups is 1. The Morgan fingerprint density at radius 1 is 1.12 bits per heavy atom. The number of nitrogens with zero attached hydrogens (tertiary/aromatic N) is 2. The number of aromatic nitrogens is 2. The van der Waals surface area contributed by atoms with Gasteiger partial charge in [0.15, 0.2) is 0 Å². The van der Waals surface area contributed by atoms with Crippen LogP contribution in [0.2, 0.25) is 0 Å². The largest absolute Gasteiger partial charge is 0.272 e. The van der Waals surface area contributed by atoms with Crippen LogP contribution in [0.25, 0.3) is 10.8 Å². The molecule has 0 radical (unpaired) electrons. The molecule has 0 amide bonds. The van der Waals surface area contributed by atoms with Gasteiger partial charge in [-0.1, -0.05) is 56.3 Å². The average Bonchev–Trinajstić information content (AvgIpc) is 2.89. The van der Waals surface area contributed by atoms with Crippen LogP contribution in [0.1, 0.15) is 53.5 Å². The monoisotopic (exact) mass is 320 g/mol. The third kappa shape index (κ3) is 2.86. The lowest BCUT2D eigenvalue weighted by Crippen LogP contribution is -2.17. The Morgan fingerprint density at radius 2 is 1.83 bits per heavy atom. The van der Waals surface area contributed by atoms with Crippen molar-refractivity contribution in [2.75, 3.05) is 0 Å². The van der Waals surface area contributed by atoms with E-state index in [1.54, 1.807) is 4.68 Å². The van der Waals surface area contributed by atoms with Crippen LogP contribution in [-0.2, 0) is 6.42 Å². The minimum absolute atomic E-state index is 0.0292. The Hall–Kier alpha value is -2.42. The van der Waals surface area contributed by atoms with Gasteiger partial charge in [-0.2, -0.15) is 5.10 Å². The Morgan fingerprint density at radius 3 is 2.58 bits per heavy atom. The summed E-state index contributed by atoms with van der Waals surface area (Å²) in [5.41, 5.74) is 4.21. The van der Waals surface area contributed by atoms with Gasteiger partial charge in [-0.05, 0) is 48.1 Å². The highest BCUT2D eigenvalue weighted by Gasteiger charge is 2.20. The first-order valence-corrected chi connectivity index (χ1v) is 8.58. The fourth-order valence-electron chi connectivity index (χ4n) is 3.50. The lowest BCUT2D eigenvalue weighted by atomic mass is 9.97. The Bertz CT molecular complexity index is 887. The molecule has 3 aromatic rings. The first-order chi connectivity index (χ1) is 11.5. The second-order valence-corrected chi connectivity index (χ2v) is 6.51. The SMILES string of the molecule is CCC(C)c1c(C)nn(C(=O)Cc2cccc3ccccc23)c1C. The van der Waals surface area contributed by atoms with Crippen LogP contribution < -0.4 is 0 Å². The van der Waals surface area contributed by atoms with Gasteiger partial charge in [0.1, 0.15) is 0 Å². The maximum atomic E-state index is 12.9. The van der Waals surface area contributed by atoms with Gasteiger partial charge in [0.2, 0.25) is 0 Å². The molecule has 2 aromatic carbocycles. The average molecular weight is 320 g/mol. The minimum Gasteiger partial charge on any atom is -0.272 e. The summed E-state index contributed by atoms with van der Waals surface area (Å²) in [4.78, 5) is 12.9. The highest BCUT2D eigenvalue weighted by molar-refractivity contribution is 5.91. The van der Waals surface area contributed by atoms with Crippen LogP contribution >= 0.6 is 0 Å². The summed E-state index contributed by atoms with van der Waals surface area (Å²) < 4.78 is 1.60. The number of aryl methyl sites for hydroxylation is 1. The van der Waals surface area contributed by atoms with Crippen molar-refractivity contribution >= 4 is 16.7 Å². The Labute approximate surface area is 143 Å². The van der Waals surface area contributed by atoms with E-state index in [2.05, 4.69) is 37.1 Å². The molecule has 3 heteroatoms. The third-order valence-corrected chi connectivity index (χ3v) is 4.91. The first-order valence-electron chi connectivity index (χ1n) is 8.58. The zero-order valence-corrected chi connectivity index (χ0v) is 14.8. The van der Waals surface area contributed by atoms with E-state index in [1.165, 1.54) is 5.56 Å². The van der Waals surface area contributed by atoms with E-state index in [1.807, 2.05) is 38.1 Å². The van der Waals surface area contributed by atoms with Gasteiger partial charge in [-0.3, -0.25) is 4.79 Å². The number of fused-ring (bicyclic) bond motifs is 1. The molecule has 124 valence electrons. The van der Waals surface area contributed by atoms with Gasteiger partial charge in [0, 0.05) is 5.69 Å². The standard InChI is InChI=1S/C21H24N2O/c1-5-14(2)21-15(3)22-23(16(21)4)20(24)13-18-11-8-10-17-9-6-7-12-19(17)18/h6-12,14H,5,13H2,1-4H3. The summed E-state index contributed by atoms with van der Waals surface area (Å²) in [7, 11) is 0. The molecule has 3 rings (SSSR count). The van der Waals surface area contributed by atoms with Crippen molar-refractivity contribution in [2.45, 2.75) is 46.5 Å². The lowest BCUT2D eigenvalue weighted by molar-refractivity contribution is 0.0896. The molecule has 3 nitrogen and oxygen atoms in total. The zero-order valence-electron chi connectivity index (χ0n) is 14.8. The maximum absolute atomic E-state index is 12.9. The van der Waals surface area contributed by atoms with Crippen LogP contribution in [0.3, 0.4) is 0 Å². The van der Waals surface area contributed by atoms with Gasteiger partial charge in [-0.25, -0.2) is 4.68 Å². The van der Waals surface area contributed by atoms with E-state index < -0.39 is 0 Å². The van der Waals surface area contributed by atoms with Crippen molar-refractivity contribution in [1.82, 2.24) is 9.78 Å². The molecule has 0 spiro atoms. The van der Waals surface area contributed by atoms with Gasteiger partial charge in [0.25, 0.3) is 5.91 Å². The molecule has 1 atom stereocenters. The highest BCUT2D eigenvalue weighted by Crippen LogP contribution is 2.26. The van der Waals surface area contributed by atoms with E-state index in [0.29, 0.717) is 12.3 Å². The molecule has 0 aliphatic heterocycles. The fraction of sp³-hybridized carbons (Fsp3) is 0.333. The van der Waals surface area contributed by atoms with Crippen LogP contribution in [0, 0.1) is 13.8 Å². The highest BCUT2D eigenvalue weighted by atomic mass is 16.2. The minimum atomic E-state index is 0.0292. The second-order valence-electron chi connectivity index (χ2n) is 6.51. The molecule has 0 N–H and O–H groups in total. The molecule has 1 unspecified atom stereocenters. The van der Waals surface area contributed by atoms with Gasteiger partial charge < -0.3 is 0 Å². The predicted molar refractivity (Wildman–Crippen MR) is 98.7 cm³/mol. The predicted octanol–water partition coefficient (Wildman–Crippen LogP) is 5.05. The molecule has 1 heterocycles. The number of carbonyl (C=O) groups excluding carboxylic acids is 1. The number of rotatable bonds is 4. The summed E-state index contributed by atoms with van der Waals surface area (Å²) in [6.07, 6.45) is 1.41. The second kappa shape index (κ2) is 6.60. The topological polar surface area (TPSA) is 34.9 Å². The van der Waals surface area contributed by atoms with E-state index in [4.69, 9.17) is 0 Å². The Balaban J connectivity index is 1.96. The molecule has 1 aromatic heterocycles. The molecule has 24 heavy (non-hydrogen) atoms. The van der Waals surface area contributed by atoms with Crippen molar-refractivity contribution in [3.05, 3.63) is 65.0 Å². The number of benzene rings is 2.